The van der Waals surface area contributed by atoms with Crippen molar-refractivity contribution in [3.8, 4) is 11.5 Å². The molecule has 0 saturated heterocycles. The fourth-order valence-corrected chi connectivity index (χ4v) is 1.89. The maximum absolute atomic E-state index is 5.87. The number of nitrogens with two attached hydrogens (primary N) is 1. The van der Waals surface area contributed by atoms with Crippen molar-refractivity contribution < 1.29 is 4.52 Å². The summed E-state index contributed by atoms with van der Waals surface area (Å²) in [7, 11) is 0. The fraction of sp³-hybridized carbons (Fsp3) is 0.273. The van der Waals surface area contributed by atoms with E-state index < -0.39 is 0 Å². The van der Waals surface area contributed by atoms with Gasteiger partial charge in [0.1, 0.15) is 0 Å². The number of hydrogen-bond acceptors (Lipinski definition) is 4. The molecular formula is C11H12IN3O. The molecule has 0 saturated carbocycles. The lowest BCUT2D eigenvalue weighted by Crippen LogP contribution is -1.91. The highest BCUT2D eigenvalue weighted by Crippen LogP contribution is 2.26. The second-order valence-corrected chi connectivity index (χ2v) is 4.74. The lowest BCUT2D eigenvalue weighted by Gasteiger charge is -2.00. The Morgan fingerprint density at radius 3 is 3.00 bits per heavy atom. The third-order valence-electron chi connectivity index (χ3n) is 2.19. The van der Waals surface area contributed by atoms with E-state index in [1.807, 2.05) is 18.2 Å². The monoisotopic (exact) mass is 329 g/mol. The van der Waals surface area contributed by atoms with Crippen molar-refractivity contribution in [2.75, 3.05) is 5.73 Å². The van der Waals surface area contributed by atoms with Crippen molar-refractivity contribution in [1.82, 2.24) is 10.1 Å². The number of benzene rings is 1. The van der Waals surface area contributed by atoms with Crippen LogP contribution in [0.15, 0.2) is 22.7 Å². The van der Waals surface area contributed by atoms with Gasteiger partial charge in [0.2, 0.25) is 0 Å². The first-order valence-electron chi connectivity index (χ1n) is 5.08. The molecule has 0 amide bonds. The van der Waals surface area contributed by atoms with Crippen LogP contribution in [0.3, 0.4) is 0 Å². The van der Waals surface area contributed by atoms with Gasteiger partial charge in [-0.25, -0.2) is 0 Å². The largest absolute Gasteiger partial charge is 0.398 e. The normalized spacial score (nSPS) is 10.6. The molecule has 0 atom stereocenters. The third-order valence-corrected chi connectivity index (χ3v) is 2.86. The first-order valence-corrected chi connectivity index (χ1v) is 6.16. The Labute approximate surface area is 107 Å². The van der Waals surface area contributed by atoms with Gasteiger partial charge in [0.15, 0.2) is 5.82 Å². The summed E-state index contributed by atoms with van der Waals surface area (Å²) in [5, 5.41) is 3.91. The highest BCUT2D eigenvalue weighted by Gasteiger charge is 2.11. The van der Waals surface area contributed by atoms with E-state index in [0.717, 1.165) is 27.8 Å². The van der Waals surface area contributed by atoms with E-state index in [2.05, 4.69) is 39.7 Å². The van der Waals surface area contributed by atoms with E-state index in [4.69, 9.17) is 10.3 Å². The Morgan fingerprint density at radius 1 is 1.44 bits per heavy atom. The van der Waals surface area contributed by atoms with Gasteiger partial charge in [-0.3, -0.25) is 0 Å². The van der Waals surface area contributed by atoms with Gasteiger partial charge in [-0.1, -0.05) is 12.1 Å². The van der Waals surface area contributed by atoms with Gasteiger partial charge in [-0.15, -0.1) is 0 Å². The van der Waals surface area contributed by atoms with Crippen LogP contribution in [0.25, 0.3) is 11.5 Å². The predicted octanol–water partition coefficient (Wildman–Crippen LogP) is 2.88. The highest BCUT2D eigenvalue weighted by molar-refractivity contribution is 14.1. The average molecular weight is 329 g/mol. The van der Waals surface area contributed by atoms with Crippen LogP contribution in [0.5, 0.6) is 0 Å². The average Bonchev–Trinajstić information content (AvgIpc) is 2.71. The molecule has 4 nitrogen and oxygen atoms in total. The molecule has 1 aromatic heterocycles. The molecule has 5 heteroatoms. The summed E-state index contributed by atoms with van der Waals surface area (Å²) in [6.07, 6.45) is 1.83. The van der Waals surface area contributed by atoms with Gasteiger partial charge < -0.3 is 10.3 Å². The Morgan fingerprint density at radius 2 is 2.25 bits per heavy atom. The fourth-order valence-electron chi connectivity index (χ4n) is 1.40. The van der Waals surface area contributed by atoms with Crippen LogP contribution in [-0.4, -0.2) is 10.1 Å². The molecule has 2 aromatic rings. The summed E-state index contributed by atoms with van der Waals surface area (Å²) in [5.74, 6) is 1.23. The number of nitrogen functional groups attached to an aromatic ring is 1. The molecule has 0 spiro atoms. The van der Waals surface area contributed by atoms with Crippen molar-refractivity contribution in [1.29, 1.82) is 0 Å². The molecule has 0 aliphatic rings. The van der Waals surface area contributed by atoms with Crippen molar-refractivity contribution in [3.05, 3.63) is 27.6 Å². The number of rotatable bonds is 3. The van der Waals surface area contributed by atoms with E-state index in [0.29, 0.717) is 11.6 Å². The first kappa shape index (κ1) is 11.4. The van der Waals surface area contributed by atoms with E-state index in [9.17, 15) is 0 Å². The van der Waals surface area contributed by atoms with Crippen LogP contribution in [-0.2, 0) is 6.42 Å². The van der Waals surface area contributed by atoms with Crippen LogP contribution in [0, 0.1) is 3.57 Å². The van der Waals surface area contributed by atoms with Gasteiger partial charge >= 0.3 is 0 Å². The third kappa shape index (κ3) is 2.34. The molecule has 0 bridgehead atoms. The van der Waals surface area contributed by atoms with Gasteiger partial charge in [0.05, 0.1) is 5.56 Å². The molecule has 16 heavy (non-hydrogen) atoms. The van der Waals surface area contributed by atoms with Gasteiger partial charge in [-0.2, -0.15) is 4.98 Å². The number of nitrogens with zero attached hydrogens (tertiary/aromatic N) is 2. The highest BCUT2D eigenvalue weighted by atomic mass is 127. The number of halogens is 1. The number of anilines is 1. The lowest BCUT2D eigenvalue weighted by atomic mass is 10.2. The van der Waals surface area contributed by atoms with Crippen molar-refractivity contribution in [3.63, 3.8) is 0 Å². The molecule has 1 aromatic carbocycles. The second kappa shape index (κ2) is 4.82. The molecule has 2 rings (SSSR count). The summed E-state index contributed by atoms with van der Waals surface area (Å²) in [6.45, 7) is 2.08. The smallest absolute Gasteiger partial charge is 0.260 e. The molecule has 84 valence electrons. The molecular weight excluding hydrogens is 317 g/mol. The van der Waals surface area contributed by atoms with E-state index >= 15 is 0 Å². The zero-order valence-corrected chi connectivity index (χ0v) is 11.1. The Balaban J connectivity index is 2.38. The standard InChI is InChI=1S/C11H12IN3O/c1-2-3-10-14-11(16-15-10)8-6-7(12)4-5-9(8)13/h4-6H,2-3,13H2,1H3. The van der Waals surface area contributed by atoms with Crippen molar-refractivity contribution >= 4 is 28.3 Å². The first-order chi connectivity index (χ1) is 7.70. The summed E-state index contributed by atoms with van der Waals surface area (Å²) in [5.41, 5.74) is 7.34. The van der Waals surface area contributed by atoms with Crippen molar-refractivity contribution in [2.45, 2.75) is 19.8 Å². The Bertz CT molecular complexity index is 496. The van der Waals surface area contributed by atoms with Crippen LogP contribution >= 0.6 is 22.6 Å². The summed E-state index contributed by atoms with van der Waals surface area (Å²) >= 11 is 2.23. The van der Waals surface area contributed by atoms with Gasteiger partial charge in [0, 0.05) is 15.7 Å². The Kier molecular flexibility index (Phi) is 3.42. The summed E-state index contributed by atoms with van der Waals surface area (Å²) in [4.78, 5) is 4.31. The summed E-state index contributed by atoms with van der Waals surface area (Å²) in [6, 6.07) is 5.74. The molecule has 2 N–H and O–H groups in total. The minimum absolute atomic E-state index is 0.500. The quantitative estimate of drug-likeness (QED) is 0.695. The second-order valence-electron chi connectivity index (χ2n) is 3.50. The minimum Gasteiger partial charge on any atom is -0.398 e. The van der Waals surface area contributed by atoms with Crippen LogP contribution in [0.1, 0.15) is 19.2 Å². The maximum atomic E-state index is 5.87. The maximum Gasteiger partial charge on any atom is 0.260 e. The molecule has 0 radical (unpaired) electrons. The SMILES string of the molecule is CCCc1noc(-c2cc(I)ccc2N)n1. The number of hydrogen-bond donors (Lipinski definition) is 1. The van der Waals surface area contributed by atoms with Crippen LogP contribution in [0.4, 0.5) is 5.69 Å². The van der Waals surface area contributed by atoms with Gasteiger partial charge in [-0.05, 0) is 47.2 Å². The topological polar surface area (TPSA) is 64.9 Å². The predicted molar refractivity (Wildman–Crippen MR) is 70.9 cm³/mol. The molecule has 0 unspecified atom stereocenters. The van der Waals surface area contributed by atoms with E-state index in [1.165, 1.54) is 0 Å². The molecule has 0 fully saturated rings. The molecule has 1 heterocycles. The number of aromatic nitrogens is 2. The Hall–Kier alpha value is -1.11. The van der Waals surface area contributed by atoms with Crippen LogP contribution < -0.4 is 5.73 Å². The van der Waals surface area contributed by atoms with E-state index in [-0.39, 0.29) is 0 Å². The van der Waals surface area contributed by atoms with Crippen LogP contribution in [0.2, 0.25) is 0 Å². The zero-order chi connectivity index (χ0) is 11.5. The zero-order valence-electron chi connectivity index (χ0n) is 8.90. The summed E-state index contributed by atoms with van der Waals surface area (Å²) < 4.78 is 6.29. The molecule has 0 aliphatic carbocycles. The number of aryl methyl sites for hydroxylation is 1. The minimum atomic E-state index is 0.500. The lowest BCUT2D eigenvalue weighted by molar-refractivity contribution is 0.422. The van der Waals surface area contributed by atoms with E-state index in [1.54, 1.807) is 0 Å². The molecule has 0 aliphatic heterocycles. The van der Waals surface area contributed by atoms with Crippen molar-refractivity contribution in [2.24, 2.45) is 0 Å². The van der Waals surface area contributed by atoms with Gasteiger partial charge in [0.25, 0.3) is 5.89 Å².